The van der Waals surface area contributed by atoms with Crippen molar-refractivity contribution in [3.8, 4) is 0 Å². The van der Waals surface area contributed by atoms with Crippen molar-refractivity contribution in [1.29, 1.82) is 0 Å². The van der Waals surface area contributed by atoms with E-state index < -0.39 is 0 Å². The summed E-state index contributed by atoms with van der Waals surface area (Å²) in [4.78, 5) is 0. The molecule has 0 spiro atoms. The van der Waals surface area contributed by atoms with Gasteiger partial charge >= 0.3 is 29.6 Å². The molecule has 0 atom stereocenters. The van der Waals surface area contributed by atoms with E-state index in [2.05, 4.69) is 6.92 Å². The first-order valence-corrected chi connectivity index (χ1v) is 2.87. The molecule has 4 heteroatoms. The molecule has 2 nitrogen and oxygen atoms in total. The summed E-state index contributed by atoms with van der Waals surface area (Å²) in [5, 5.41) is 0. The zero-order chi connectivity index (χ0) is 6.41. The van der Waals surface area contributed by atoms with Crippen LogP contribution in [0.2, 0.25) is 0 Å². The van der Waals surface area contributed by atoms with Crippen LogP contribution in [0.25, 0.3) is 0 Å². The Bertz CT molecular complexity index is 49.0. The fourth-order valence-electron chi connectivity index (χ4n) is 0.420. The number of hydrogen-bond donors (Lipinski definition) is 0. The van der Waals surface area contributed by atoms with E-state index in [1.165, 1.54) is 0 Å². The van der Waals surface area contributed by atoms with Gasteiger partial charge in [-0.15, -0.1) is 0 Å². The van der Waals surface area contributed by atoms with E-state index in [1.807, 2.05) is 13.8 Å². The van der Waals surface area contributed by atoms with Crippen molar-refractivity contribution in [3.63, 3.8) is 0 Å². The van der Waals surface area contributed by atoms with Gasteiger partial charge in [-0.3, -0.25) is 6.92 Å². The minimum absolute atomic E-state index is 0. The van der Waals surface area contributed by atoms with Crippen molar-refractivity contribution < 1.29 is 39.0 Å². The van der Waals surface area contributed by atoms with Crippen molar-refractivity contribution >= 4 is 13.5 Å². The van der Waals surface area contributed by atoms with E-state index >= 15 is 0 Å². The predicted molar refractivity (Wildman–Crippen MR) is 41.2 cm³/mol. The first kappa shape index (κ1) is 17.4. The SMILES string of the molecule is [CH2-]C(OCC)OCC.[Na+].[SH-]. The van der Waals surface area contributed by atoms with Gasteiger partial charge in [0.15, 0.2) is 0 Å². The van der Waals surface area contributed by atoms with Crippen LogP contribution >= 0.6 is 0 Å². The maximum Gasteiger partial charge on any atom is 1.00 e. The summed E-state index contributed by atoms with van der Waals surface area (Å²) in [6.45, 7) is 8.72. The minimum atomic E-state index is -0.287. The minimum Gasteiger partial charge on any atom is -0.813 e. The molecule has 0 saturated carbocycles. The molecule has 0 unspecified atom stereocenters. The van der Waals surface area contributed by atoms with Crippen molar-refractivity contribution in [2.45, 2.75) is 20.1 Å². The van der Waals surface area contributed by atoms with Crippen LogP contribution in [0.4, 0.5) is 0 Å². The molecule has 0 N–H and O–H groups in total. The van der Waals surface area contributed by atoms with Crippen molar-refractivity contribution in [2.75, 3.05) is 13.2 Å². The molecule has 10 heavy (non-hydrogen) atoms. The van der Waals surface area contributed by atoms with Gasteiger partial charge in [-0.2, -0.15) is 0 Å². The number of ether oxygens (including phenoxy) is 2. The zero-order valence-electron chi connectivity index (χ0n) is 6.96. The van der Waals surface area contributed by atoms with Gasteiger partial charge in [0.25, 0.3) is 0 Å². The molecule has 0 aromatic carbocycles. The molecule has 0 amide bonds. The van der Waals surface area contributed by atoms with Crippen molar-refractivity contribution in [1.82, 2.24) is 0 Å². The topological polar surface area (TPSA) is 18.5 Å². The van der Waals surface area contributed by atoms with Gasteiger partial charge in [-0.25, -0.2) is 0 Å². The predicted octanol–water partition coefficient (Wildman–Crippen LogP) is -2.05. The molecule has 0 radical (unpaired) electrons. The Balaban J connectivity index is -0.000000245. The second kappa shape index (κ2) is 12.9. The normalized spacial score (nSPS) is 8.40. The van der Waals surface area contributed by atoms with Gasteiger partial charge in [0.2, 0.25) is 0 Å². The summed E-state index contributed by atoms with van der Waals surface area (Å²) in [6, 6.07) is 0. The van der Waals surface area contributed by atoms with Crippen LogP contribution in [-0.4, -0.2) is 19.5 Å². The number of thiol groups is 1. The van der Waals surface area contributed by atoms with Gasteiger partial charge in [-0.1, -0.05) is 0 Å². The zero-order valence-corrected chi connectivity index (χ0v) is 9.86. The van der Waals surface area contributed by atoms with Gasteiger partial charge in [0.05, 0.1) is 0 Å². The molecule has 0 bridgehead atoms. The number of hydrogen-bond acceptors (Lipinski definition) is 3. The van der Waals surface area contributed by atoms with Crippen molar-refractivity contribution in [2.24, 2.45) is 0 Å². The molecule has 0 aliphatic heterocycles. The monoisotopic (exact) mass is 173 g/mol. The smallest absolute Gasteiger partial charge is 0.813 e. The Hall–Kier alpha value is 1.27. The molecule has 0 fully saturated rings. The Morgan fingerprint density at radius 3 is 1.70 bits per heavy atom. The molecular weight excluding hydrogens is 159 g/mol. The van der Waals surface area contributed by atoms with E-state index in [-0.39, 0.29) is 49.3 Å². The maximum absolute atomic E-state index is 4.95. The van der Waals surface area contributed by atoms with Gasteiger partial charge in [-0.05, 0) is 13.8 Å². The fraction of sp³-hybridized carbons (Fsp3) is 0.833. The quantitative estimate of drug-likeness (QED) is 0.160. The fourth-order valence-corrected chi connectivity index (χ4v) is 0.420. The molecule has 0 saturated heterocycles. The third-order valence-electron chi connectivity index (χ3n) is 0.705. The van der Waals surface area contributed by atoms with Gasteiger partial charge < -0.3 is 23.0 Å². The first-order valence-electron chi connectivity index (χ1n) is 2.87. The van der Waals surface area contributed by atoms with Crippen LogP contribution in [-0.2, 0) is 23.0 Å². The molecular formula is C6H14NaO2S-. The summed E-state index contributed by atoms with van der Waals surface area (Å²) >= 11 is 0. The van der Waals surface area contributed by atoms with Crippen LogP contribution in [0.15, 0.2) is 0 Å². The molecule has 0 heterocycles. The summed E-state index contributed by atoms with van der Waals surface area (Å²) in [6.07, 6.45) is -0.287. The summed E-state index contributed by atoms with van der Waals surface area (Å²) in [7, 11) is 0. The molecule has 0 aromatic rings. The van der Waals surface area contributed by atoms with Crippen molar-refractivity contribution in [3.05, 3.63) is 6.92 Å². The van der Waals surface area contributed by atoms with E-state index in [1.54, 1.807) is 0 Å². The number of rotatable bonds is 4. The molecule has 0 aliphatic carbocycles. The molecule has 0 rings (SSSR count). The van der Waals surface area contributed by atoms with Crippen LogP contribution in [0.3, 0.4) is 0 Å². The molecule has 0 aromatic heterocycles. The van der Waals surface area contributed by atoms with E-state index in [0.717, 1.165) is 0 Å². The maximum atomic E-state index is 4.95. The van der Waals surface area contributed by atoms with E-state index in [4.69, 9.17) is 9.47 Å². The third-order valence-corrected chi connectivity index (χ3v) is 0.705. The van der Waals surface area contributed by atoms with E-state index in [9.17, 15) is 0 Å². The van der Waals surface area contributed by atoms with Crippen LogP contribution in [0.5, 0.6) is 0 Å². The Morgan fingerprint density at radius 2 is 1.50 bits per heavy atom. The van der Waals surface area contributed by atoms with Crippen LogP contribution < -0.4 is 29.6 Å². The average molecular weight is 173 g/mol. The summed E-state index contributed by atoms with van der Waals surface area (Å²) < 4.78 is 9.90. The summed E-state index contributed by atoms with van der Waals surface area (Å²) in [5.41, 5.74) is 0. The molecule has 0 aliphatic rings. The Labute approximate surface area is 92.4 Å². The second-order valence-corrected chi connectivity index (χ2v) is 1.34. The largest absolute Gasteiger partial charge is 1.00 e. The van der Waals surface area contributed by atoms with Crippen LogP contribution in [0, 0.1) is 6.92 Å². The van der Waals surface area contributed by atoms with Gasteiger partial charge in [0, 0.05) is 19.5 Å². The average Bonchev–Trinajstić information content (AvgIpc) is 1.68. The Kier molecular flexibility index (Phi) is 22.4. The van der Waals surface area contributed by atoms with Gasteiger partial charge in [0.1, 0.15) is 0 Å². The second-order valence-electron chi connectivity index (χ2n) is 1.34. The Morgan fingerprint density at radius 1 is 1.20 bits per heavy atom. The standard InChI is InChI=1S/C6H13O2.Na.H2S/c1-4-7-6(3)8-5-2;;/h6H,3-5H2,1-2H3;;1H2/q-1;+1;/p-1. The van der Waals surface area contributed by atoms with Crippen LogP contribution in [0.1, 0.15) is 13.8 Å². The first-order chi connectivity index (χ1) is 3.81. The molecule has 58 valence electrons. The van der Waals surface area contributed by atoms with E-state index in [0.29, 0.717) is 13.2 Å². The third kappa shape index (κ3) is 12.0. The summed E-state index contributed by atoms with van der Waals surface area (Å²) in [5.74, 6) is 0.